The van der Waals surface area contributed by atoms with Crippen molar-refractivity contribution in [2.45, 2.75) is 6.92 Å². The lowest BCUT2D eigenvalue weighted by Crippen LogP contribution is -2.28. The normalized spacial score (nSPS) is 17.7. The summed E-state index contributed by atoms with van der Waals surface area (Å²) in [5.74, 6) is -0.855. The van der Waals surface area contributed by atoms with Crippen molar-refractivity contribution in [2.75, 3.05) is 19.6 Å². The Morgan fingerprint density at radius 3 is 2.79 bits per heavy atom. The third-order valence-electron chi connectivity index (χ3n) is 3.37. The van der Waals surface area contributed by atoms with Crippen LogP contribution in [0, 0.1) is 0 Å². The molecule has 2 aliphatic heterocycles. The summed E-state index contributed by atoms with van der Waals surface area (Å²) in [7, 11) is 0. The topological polar surface area (TPSA) is 70.0 Å². The van der Waals surface area contributed by atoms with E-state index in [9.17, 15) is 9.59 Å². The molecule has 5 nitrogen and oxygen atoms in total. The van der Waals surface area contributed by atoms with Crippen LogP contribution in [-0.2, 0) is 4.79 Å². The van der Waals surface area contributed by atoms with E-state index in [1.165, 1.54) is 16.9 Å². The van der Waals surface area contributed by atoms with Gasteiger partial charge in [0.1, 0.15) is 4.88 Å². The van der Waals surface area contributed by atoms with E-state index in [-0.39, 0.29) is 5.91 Å². The Balaban J connectivity index is 1.87. The molecule has 2 aliphatic rings. The van der Waals surface area contributed by atoms with Gasteiger partial charge in [0.05, 0.1) is 17.1 Å². The van der Waals surface area contributed by atoms with Gasteiger partial charge in [-0.3, -0.25) is 9.79 Å². The van der Waals surface area contributed by atoms with Crippen molar-refractivity contribution >= 4 is 28.9 Å². The fraction of sp³-hybridized carbons (Fsp3) is 0.308. The first kappa shape index (κ1) is 12.1. The number of carboxylic acid groups (broad SMARTS) is 1. The fourth-order valence-electron chi connectivity index (χ4n) is 2.37. The SMILES string of the molecule is CC(=O)N1CC2=C(C1)C(c1ccc(C(=O)O)s1)=NC2. The van der Waals surface area contributed by atoms with Crippen LogP contribution in [0.5, 0.6) is 0 Å². The summed E-state index contributed by atoms with van der Waals surface area (Å²) in [5, 5.41) is 8.95. The summed E-state index contributed by atoms with van der Waals surface area (Å²) in [4.78, 5) is 29.7. The van der Waals surface area contributed by atoms with E-state index in [1.807, 2.05) is 0 Å². The third kappa shape index (κ3) is 1.98. The molecular formula is C13H12N2O3S. The van der Waals surface area contributed by atoms with E-state index in [1.54, 1.807) is 24.0 Å². The molecule has 0 aliphatic carbocycles. The van der Waals surface area contributed by atoms with Crippen LogP contribution in [0.3, 0.4) is 0 Å². The van der Waals surface area contributed by atoms with Crippen LogP contribution in [0.4, 0.5) is 0 Å². The number of amides is 1. The Morgan fingerprint density at radius 2 is 2.16 bits per heavy atom. The molecule has 1 aromatic heterocycles. The Morgan fingerprint density at radius 1 is 1.37 bits per heavy atom. The highest BCUT2D eigenvalue weighted by Gasteiger charge is 2.31. The number of nitrogens with zero attached hydrogens (tertiary/aromatic N) is 2. The average molecular weight is 276 g/mol. The molecule has 6 heteroatoms. The fourth-order valence-corrected chi connectivity index (χ4v) is 3.25. The lowest BCUT2D eigenvalue weighted by Gasteiger charge is -2.15. The second-order valence-electron chi connectivity index (χ2n) is 4.59. The molecule has 0 unspecified atom stereocenters. The monoisotopic (exact) mass is 276 g/mol. The van der Waals surface area contributed by atoms with E-state index < -0.39 is 5.97 Å². The number of aromatic carboxylic acids is 1. The number of aliphatic imine (C=N–C) groups is 1. The van der Waals surface area contributed by atoms with Crippen LogP contribution in [-0.4, -0.2) is 47.2 Å². The number of carbonyl (C=O) groups excluding carboxylic acids is 1. The maximum atomic E-state index is 11.4. The summed E-state index contributed by atoms with van der Waals surface area (Å²) >= 11 is 1.23. The van der Waals surface area contributed by atoms with Gasteiger partial charge in [-0.25, -0.2) is 4.79 Å². The highest BCUT2D eigenvalue weighted by atomic mass is 32.1. The first-order chi connectivity index (χ1) is 9.06. The van der Waals surface area contributed by atoms with Gasteiger partial charge in [0.2, 0.25) is 5.91 Å². The summed E-state index contributed by atoms with van der Waals surface area (Å²) in [6.07, 6.45) is 0. The molecule has 98 valence electrons. The Hall–Kier alpha value is -1.95. The highest BCUT2D eigenvalue weighted by Crippen LogP contribution is 2.30. The minimum Gasteiger partial charge on any atom is -0.477 e. The minimum atomic E-state index is -0.916. The highest BCUT2D eigenvalue weighted by molar-refractivity contribution is 7.16. The second kappa shape index (κ2) is 4.31. The zero-order chi connectivity index (χ0) is 13.6. The first-order valence-electron chi connectivity index (χ1n) is 5.91. The predicted molar refractivity (Wildman–Crippen MR) is 72.0 cm³/mol. The number of carboxylic acids is 1. The molecule has 0 bridgehead atoms. The predicted octanol–water partition coefficient (Wildman–Crippen LogP) is 1.41. The van der Waals surface area contributed by atoms with E-state index in [4.69, 9.17) is 5.11 Å². The van der Waals surface area contributed by atoms with E-state index in [0.717, 1.165) is 16.2 Å². The van der Waals surface area contributed by atoms with Gasteiger partial charge in [-0.05, 0) is 17.7 Å². The van der Waals surface area contributed by atoms with E-state index in [2.05, 4.69) is 4.99 Å². The van der Waals surface area contributed by atoms with E-state index in [0.29, 0.717) is 24.5 Å². The zero-order valence-electron chi connectivity index (χ0n) is 10.3. The molecule has 0 aromatic carbocycles. The maximum absolute atomic E-state index is 11.4. The zero-order valence-corrected chi connectivity index (χ0v) is 11.2. The summed E-state index contributed by atoms with van der Waals surface area (Å²) in [5.41, 5.74) is 3.13. The molecule has 0 fully saturated rings. The van der Waals surface area contributed by atoms with Crippen LogP contribution in [0.15, 0.2) is 28.3 Å². The van der Waals surface area contributed by atoms with Crippen LogP contribution in [0.25, 0.3) is 0 Å². The summed E-state index contributed by atoms with van der Waals surface area (Å²) in [6.45, 7) is 3.42. The Labute approximate surface area is 113 Å². The summed E-state index contributed by atoms with van der Waals surface area (Å²) < 4.78 is 0. The third-order valence-corrected chi connectivity index (χ3v) is 4.45. The van der Waals surface area contributed by atoms with Crippen molar-refractivity contribution < 1.29 is 14.7 Å². The number of hydrogen-bond donors (Lipinski definition) is 1. The lowest BCUT2D eigenvalue weighted by atomic mass is 10.1. The molecule has 19 heavy (non-hydrogen) atoms. The number of hydrogen-bond acceptors (Lipinski definition) is 4. The van der Waals surface area contributed by atoms with Crippen molar-refractivity contribution in [3.05, 3.63) is 33.0 Å². The van der Waals surface area contributed by atoms with Crippen LogP contribution in [0.1, 0.15) is 21.5 Å². The molecule has 0 saturated carbocycles. The van der Waals surface area contributed by atoms with Crippen LogP contribution >= 0.6 is 11.3 Å². The molecule has 1 N–H and O–H groups in total. The molecule has 0 radical (unpaired) electrons. The van der Waals surface area contributed by atoms with Crippen LogP contribution < -0.4 is 0 Å². The molecular weight excluding hydrogens is 264 g/mol. The van der Waals surface area contributed by atoms with Gasteiger partial charge in [-0.1, -0.05) is 0 Å². The second-order valence-corrected chi connectivity index (χ2v) is 5.67. The average Bonchev–Trinajstić information content (AvgIpc) is 3.02. The van der Waals surface area contributed by atoms with E-state index >= 15 is 0 Å². The lowest BCUT2D eigenvalue weighted by molar-refractivity contribution is -0.127. The number of rotatable bonds is 2. The minimum absolute atomic E-state index is 0.0613. The Bertz CT molecular complexity index is 642. The van der Waals surface area contributed by atoms with Crippen molar-refractivity contribution in [3.63, 3.8) is 0 Å². The van der Waals surface area contributed by atoms with Gasteiger partial charge in [-0.2, -0.15) is 0 Å². The standard InChI is InChI=1S/C13H12N2O3S/c1-7(16)15-5-8-4-14-12(9(8)6-15)10-2-3-11(19-10)13(17)18/h2-3H,4-6H2,1H3,(H,17,18). The molecule has 0 atom stereocenters. The number of carbonyl (C=O) groups is 2. The van der Waals surface area contributed by atoms with Crippen molar-refractivity contribution in [1.29, 1.82) is 0 Å². The molecule has 1 amide bonds. The van der Waals surface area contributed by atoms with Gasteiger partial charge < -0.3 is 10.0 Å². The van der Waals surface area contributed by atoms with Crippen molar-refractivity contribution in [3.8, 4) is 0 Å². The van der Waals surface area contributed by atoms with Crippen LogP contribution in [0.2, 0.25) is 0 Å². The number of thiophene rings is 1. The first-order valence-corrected chi connectivity index (χ1v) is 6.72. The quantitative estimate of drug-likeness (QED) is 0.887. The van der Waals surface area contributed by atoms with Gasteiger partial charge in [0.15, 0.2) is 0 Å². The molecule has 3 heterocycles. The van der Waals surface area contributed by atoms with Gasteiger partial charge in [0, 0.05) is 25.6 Å². The molecule has 1 aromatic rings. The smallest absolute Gasteiger partial charge is 0.345 e. The summed E-state index contributed by atoms with van der Waals surface area (Å²) in [6, 6.07) is 3.39. The van der Waals surface area contributed by atoms with Crippen molar-refractivity contribution in [2.24, 2.45) is 4.99 Å². The molecule has 3 rings (SSSR count). The van der Waals surface area contributed by atoms with Crippen molar-refractivity contribution in [1.82, 2.24) is 4.90 Å². The molecule has 0 spiro atoms. The van der Waals surface area contributed by atoms with Gasteiger partial charge in [-0.15, -0.1) is 11.3 Å². The van der Waals surface area contributed by atoms with Gasteiger partial charge >= 0.3 is 5.97 Å². The Kier molecular flexibility index (Phi) is 2.74. The maximum Gasteiger partial charge on any atom is 0.345 e. The molecule has 0 saturated heterocycles. The van der Waals surface area contributed by atoms with Gasteiger partial charge in [0.25, 0.3) is 0 Å². The largest absolute Gasteiger partial charge is 0.477 e.